The maximum atomic E-state index is 12.3. The third-order valence-corrected chi connectivity index (χ3v) is 4.97. The Morgan fingerprint density at radius 3 is 2.74 bits per heavy atom. The Kier molecular flexibility index (Phi) is 4.40. The summed E-state index contributed by atoms with van der Waals surface area (Å²) in [6.07, 6.45) is 1.57. The molecular weight excluding hydrogens is 332 g/mol. The van der Waals surface area contributed by atoms with Crippen LogP contribution in [0.3, 0.4) is 0 Å². The number of aryl methyl sites for hydroxylation is 1. The van der Waals surface area contributed by atoms with Gasteiger partial charge in [0.05, 0.1) is 21.4 Å². The highest BCUT2D eigenvalue weighted by Gasteiger charge is 2.15. The van der Waals surface area contributed by atoms with Gasteiger partial charge in [-0.2, -0.15) is 0 Å². The number of furan rings is 1. The molecular formula is C16H14N2O3S2. The van der Waals surface area contributed by atoms with Gasteiger partial charge in [-0.05, 0) is 31.2 Å². The van der Waals surface area contributed by atoms with Crippen molar-refractivity contribution in [2.24, 2.45) is 0 Å². The van der Waals surface area contributed by atoms with Crippen molar-refractivity contribution >= 4 is 33.7 Å². The van der Waals surface area contributed by atoms with Gasteiger partial charge >= 0.3 is 0 Å². The lowest BCUT2D eigenvalue weighted by Gasteiger charge is -2.07. The number of aromatic nitrogens is 1. The molecule has 1 N–H and O–H groups in total. The summed E-state index contributed by atoms with van der Waals surface area (Å²) in [6, 6.07) is 10.7. The van der Waals surface area contributed by atoms with Crippen LogP contribution in [0.15, 0.2) is 51.1 Å². The minimum atomic E-state index is -1.18. The van der Waals surface area contributed by atoms with Gasteiger partial charge < -0.3 is 9.73 Å². The zero-order chi connectivity index (χ0) is 16.4. The number of nitrogens with one attached hydrogen (secondary N) is 1. The van der Waals surface area contributed by atoms with Crippen LogP contribution in [0.4, 0.5) is 5.69 Å². The van der Waals surface area contributed by atoms with Crippen LogP contribution in [0.25, 0.3) is 10.8 Å². The van der Waals surface area contributed by atoms with Crippen molar-refractivity contribution < 1.29 is 13.4 Å². The molecule has 118 valence electrons. The van der Waals surface area contributed by atoms with Crippen LogP contribution < -0.4 is 5.32 Å². The van der Waals surface area contributed by atoms with Gasteiger partial charge in [-0.15, -0.1) is 11.3 Å². The number of carbonyl (C=O) groups is 1. The number of carbonyl (C=O) groups excluding carboxylic acids is 1. The predicted molar refractivity (Wildman–Crippen MR) is 91.3 cm³/mol. The lowest BCUT2D eigenvalue weighted by molar-refractivity contribution is 0.102. The fourth-order valence-electron chi connectivity index (χ4n) is 2.05. The SMILES string of the molecule is Cc1ccc(-c2nc(C(=O)Nc3ccccc3S(C)=O)cs2)o1. The molecule has 0 aliphatic carbocycles. The van der Waals surface area contributed by atoms with Gasteiger partial charge in [0.1, 0.15) is 11.5 Å². The Labute approximate surface area is 139 Å². The van der Waals surface area contributed by atoms with Gasteiger partial charge in [0.2, 0.25) is 0 Å². The van der Waals surface area contributed by atoms with E-state index < -0.39 is 10.8 Å². The lowest BCUT2D eigenvalue weighted by atomic mass is 10.3. The number of thiazole rings is 1. The molecule has 0 bridgehead atoms. The van der Waals surface area contributed by atoms with E-state index >= 15 is 0 Å². The van der Waals surface area contributed by atoms with Crippen LogP contribution in [0, 0.1) is 6.92 Å². The summed E-state index contributed by atoms with van der Waals surface area (Å²) < 4.78 is 17.2. The Balaban J connectivity index is 1.82. The van der Waals surface area contributed by atoms with Crippen molar-refractivity contribution in [3.05, 3.63) is 53.2 Å². The maximum Gasteiger partial charge on any atom is 0.275 e. The van der Waals surface area contributed by atoms with Crippen molar-refractivity contribution in [1.82, 2.24) is 4.98 Å². The number of hydrogen-bond acceptors (Lipinski definition) is 5. The first-order valence-electron chi connectivity index (χ1n) is 6.81. The van der Waals surface area contributed by atoms with E-state index in [1.807, 2.05) is 19.1 Å². The standard InChI is InChI=1S/C16H14N2O3S2/c1-10-7-8-13(21-10)16-18-12(9-22-16)15(19)17-11-5-3-4-6-14(11)23(2)20/h3-9H,1-2H3,(H,17,19). The Bertz CT molecular complexity index is 883. The van der Waals surface area contributed by atoms with Gasteiger partial charge in [-0.3, -0.25) is 9.00 Å². The lowest BCUT2D eigenvalue weighted by Crippen LogP contribution is -2.13. The van der Waals surface area contributed by atoms with Crippen molar-refractivity contribution in [2.75, 3.05) is 11.6 Å². The van der Waals surface area contributed by atoms with E-state index in [-0.39, 0.29) is 5.91 Å². The predicted octanol–water partition coefficient (Wildman–Crippen LogP) is 3.70. The molecule has 2 heterocycles. The molecule has 0 radical (unpaired) electrons. The molecule has 1 atom stereocenters. The van der Waals surface area contributed by atoms with E-state index in [1.165, 1.54) is 11.3 Å². The minimum absolute atomic E-state index is 0.302. The molecule has 0 fully saturated rings. The molecule has 3 rings (SSSR count). The largest absolute Gasteiger partial charge is 0.459 e. The Morgan fingerprint density at radius 2 is 2.04 bits per heavy atom. The summed E-state index contributed by atoms with van der Waals surface area (Å²) in [4.78, 5) is 17.2. The number of rotatable bonds is 4. The molecule has 1 aromatic carbocycles. The van der Waals surface area contributed by atoms with E-state index in [0.29, 0.717) is 27.0 Å². The number of anilines is 1. The number of para-hydroxylation sites is 1. The second-order valence-electron chi connectivity index (χ2n) is 4.85. The second kappa shape index (κ2) is 6.47. The average Bonchev–Trinajstić information content (AvgIpc) is 3.16. The van der Waals surface area contributed by atoms with Gasteiger partial charge in [0, 0.05) is 11.6 Å². The van der Waals surface area contributed by atoms with Gasteiger partial charge in [0.25, 0.3) is 5.91 Å². The molecule has 1 amide bonds. The summed E-state index contributed by atoms with van der Waals surface area (Å²) >= 11 is 1.34. The van der Waals surface area contributed by atoms with E-state index in [1.54, 1.807) is 35.9 Å². The van der Waals surface area contributed by atoms with E-state index in [0.717, 1.165) is 5.76 Å². The third-order valence-electron chi connectivity index (χ3n) is 3.13. The van der Waals surface area contributed by atoms with Crippen LogP contribution in [0.5, 0.6) is 0 Å². The molecule has 7 heteroatoms. The topological polar surface area (TPSA) is 72.2 Å². The van der Waals surface area contributed by atoms with E-state index in [2.05, 4.69) is 10.3 Å². The highest BCUT2D eigenvalue weighted by atomic mass is 32.2. The van der Waals surface area contributed by atoms with Crippen LogP contribution in [-0.2, 0) is 10.8 Å². The monoisotopic (exact) mass is 346 g/mol. The molecule has 3 aromatic rings. The second-order valence-corrected chi connectivity index (χ2v) is 7.06. The third kappa shape index (κ3) is 3.40. The van der Waals surface area contributed by atoms with Crippen molar-refractivity contribution in [2.45, 2.75) is 11.8 Å². The minimum Gasteiger partial charge on any atom is -0.459 e. The van der Waals surface area contributed by atoms with Gasteiger partial charge in [-0.25, -0.2) is 4.98 Å². The normalized spacial score (nSPS) is 12.1. The summed E-state index contributed by atoms with van der Waals surface area (Å²) in [7, 11) is -1.18. The molecule has 0 spiro atoms. The van der Waals surface area contributed by atoms with Crippen molar-refractivity contribution in [1.29, 1.82) is 0 Å². The van der Waals surface area contributed by atoms with Gasteiger partial charge in [0.15, 0.2) is 10.8 Å². The maximum absolute atomic E-state index is 12.3. The zero-order valence-corrected chi connectivity index (χ0v) is 14.2. The van der Waals surface area contributed by atoms with E-state index in [4.69, 9.17) is 4.42 Å². The smallest absolute Gasteiger partial charge is 0.275 e. The van der Waals surface area contributed by atoms with Crippen molar-refractivity contribution in [3.63, 3.8) is 0 Å². The molecule has 0 saturated carbocycles. The molecule has 0 aliphatic heterocycles. The Morgan fingerprint density at radius 1 is 1.26 bits per heavy atom. The van der Waals surface area contributed by atoms with Gasteiger partial charge in [-0.1, -0.05) is 12.1 Å². The first-order chi connectivity index (χ1) is 11.0. The average molecular weight is 346 g/mol. The summed E-state index contributed by atoms with van der Waals surface area (Å²) in [5.41, 5.74) is 0.831. The molecule has 0 saturated heterocycles. The first-order valence-corrected chi connectivity index (χ1v) is 9.24. The fraction of sp³-hybridized carbons (Fsp3) is 0.125. The highest BCUT2D eigenvalue weighted by molar-refractivity contribution is 7.84. The number of hydrogen-bond donors (Lipinski definition) is 1. The van der Waals surface area contributed by atoms with E-state index in [9.17, 15) is 9.00 Å². The first kappa shape index (κ1) is 15.6. The summed E-state index contributed by atoms with van der Waals surface area (Å²) in [6.45, 7) is 1.85. The Hall–Kier alpha value is -2.25. The summed E-state index contributed by atoms with van der Waals surface area (Å²) in [5, 5.41) is 5.08. The molecule has 5 nitrogen and oxygen atoms in total. The number of amides is 1. The fourth-order valence-corrected chi connectivity index (χ4v) is 3.51. The number of benzene rings is 1. The number of nitrogens with zero attached hydrogens (tertiary/aromatic N) is 1. The van der Waals surface area contributed by atoms with Crippen LogP contribution in [-0.4, -0.2) is 21.4 Å². The molecule has 0 aliphatic rings. The van der Waals surface area contributed by atoms with Crippen molar-refractivity contribution in [3.8, 4) is 10.8 Å². The van der Waals surface area contributed by atoms with Crippen LogP contribution in [0.1, 0.15) is 16.2 Å². The van der Waals surface area contributed by atoms with Crippen LogP contribution >= 0.6 is 11.3 Å². The molecule has 23 heavy (non-hydrogen) atoms. The zero-order valence-electron chi connectivity index (χ0n) is 12.5. The highest BCUT2D eigenvalue weighted by Crippen LogP contribution is 2.26. The summed E-state index contributed by atoms with van der Waals surface area (Å²) in [5.74, 6) is 1.09. The molecule has 2 aromatic heterocycles. The van der Waals surface area contributed by atoms with Crippen LogP contribution in [0.2, 0.25) is 0 Å². The quantitative estimate of drug-likeness (QED) is 0.782. The molecule has 1 unspecified atom stereocenters.